The maximum absolute atomic E-state index is 11.9. The lowest BCUT2D eigenvalue weighted by Crippen LogP contribution is -2.47. The Morgan fingerprint density at radius 1 is 1.30 bits per heavy atom. The third-order valence-corrected chi connectivity index (χ3v) is 3.39. The third kappa shape index (κ3) is 7.69. The molecule has 20 heavy (non-hydrogen) atoms. The van der Waals surface area contributed by atoms with Gasteiger partial charge in [-0.3, -0.25) is 4.79 Å². The van der Waals surface area contributed by atoms with Crippen molar-refractivity contribution in [2.24, 2.45) is 0 Å². The van der Waals surface area contributed by atoms with Gasteiger partial charge in [-0.05, 0) is 25.8 Å². The predicted molar refractivity (Wildman–Crippen MR) is 71.4 cm³/mol. The van der Waals surface area contributed by atoms with E-state index in [2.05, 4.69) is 22.5 Å². The van der Waals surface area contributed by atoms with Gasteiger partial charge in [-0.1, -0.05) is 13.3 Å². The molecule has 0 aromatic carbocycles. The van der Waals surface area contributed by atoms with Gasteiger partial charge in [0.2, 0.25) is 5.91 Å². The zero-order chi connectivity index (χ0) is 15.0. The van der Waals surface area contributed by atoms with Gasteiger partial charge >= 0.3 is 6.18 Å². The molecule has 1 aliphatic heterocycles. The maximum atomic E-state index is 11.9. The Morgan fingerprint density at radius 2 is 1.95 bits per heavy atom. The van der Waals surface area contributed by atoms with Crippen LogP contribution in [0.4, 0.5) is 13.2 Å². The van der Waals surface area contributed by atoms with Gasteiger partial charge in [0.05, 0.1) is 13.1 Å². The molecule has 0 unspecified atom stereocenters. The van der Waals surface area contributed by atoms with Crippen molar-refractivity contribution >= 4 is 5.91 Å². The Morgan fingerprint density at radius 3 is 2.50 bits per heavy atom. The van der Waals surface area contributed by atoms with E-state index in [0.717, 1.165) is 32.5 Å². The Bertz CT molecular complexity index is 289. The van der Waals surface area contributed by atoms with Crippen LogP contribution in [0.5, 0.6) is 0 Å². The molecule has 1 rings (SSSR count). The van der Waals surface area contributed by atoms with E-state index in [1.165, 1.54) is 12.8 Å². The van der Waals surface area contributed by atoms with Crippen LogP contribution in [0.1, 0.15) is 32.6 Å². The maximum Gasteiger partial charge on any atom is 0.401 e. The van der Waals surface area contributed by atoms with E-state index in [9.17, 15) is 18.0 Å². The first kappa shape index (κ1) is 17.2. The highest BCUT2D eigenvalue weighted by Gasteiger charge is 2.27. The van der Waals surface area contributed by atoms with Crippen LogP contribution in [0.3, 0.4) is 0 Å². The van der Waals surface area contributed by atoms with E-state index in [1.807, 2.05) is 0 Å². The van der Waals surface area contributed by atoms with E-state index in [-0.39, 0.29) is 18.5 Å². The van der Waals surface area contributed by atoms with Gasteiger partial charge in [0.1, 0.15) is 0 Å². The lowest BCUT2D eigenvalue weighted by molar-refractivity contribution is -0.128. The van der Waals surface area contributed by atoms with E-state index in [1.54, 1.807) is 0 Å². The summed E-state index contributed by atoms with van der Waals surface area (Å²) in [6.45, 7) is 3.72. The van der Waals surface area contributed by atoms with Crippen LogP contribution in [0, 0.1) is 0 Å². The van der Waals surface area contributed by atoms with E-state index < -0.39 is 12.7 Å². The minimum Gasteiger partial charge on any atom is -0.352 e. The molecule has 1 amide bonds. The number of alkyl halides is 3. The lowest BCUT2D eigenvalue weighted by atomic mass is 10.0. The van der Waals surface area contributed by atoms with Crippen molar-refractivity contribution in [2.45, 2.75) is 44.8 Å². The summed E-state index contributed by atoms with van der Waals surface area (Å²) in [5.74, 6) is -0.360. The number of nitrogens with zero attached hydrogens (tertiary/aromatic N) is 1. The summed E-state index contributed by atoms with van der Waals surface area (Å²) in [7, 11) is 0. The fourth-order valence-electron chi connectivity index (χ4n) is 2.28. The number of hydrogen-bond donors (Lipinski definition) is 2. The number of nitrogens with one attached hydrogen (secondary N) is 2. The standard InChI is InChI=1S/C13H24F3N3O/c1-2-3-6-19-7-4-11(5-8-19)18-12(20)9-17-10-13(14,15)16/h11,17H,2-10H2,1H3,(H,18,20). The molecule has 0 radical (unpaired) electrons. The second kappa shape index (κ2) is 8.46. The number of halogens is 3. The second-order valence-electron chi connectivity index (χ2n) is 5.26. The molecule has 118 valence electrons. The number of carbonyl (C=O) groups is 1. The summed E-state index contributed by atoms with van der Waals surface area (Å²) in [4.78, 5) is 13.9. The Labute approximate surface area is 118 Å². The van der Waals surface area contributed by atoms with Crippen LogP contribution in [0.2, 0.25) is 0 Å². The summed E-state index contributed by atoms with van der Waals surface area (Å²) in [5.41, 5.74) is 0. The number of unbranched alkanes of at least 4 members (excludes halogenated alkanes) is 1. The topological polar surface area (TPSA) is 44.4 Å². The summed E-state index contributed by atoms with van der Waals surface area (Å²) in [5, 5.41) is 4.89. The van der Waals surface area contributed by atoms with Gasteiger partial charge in [0.15, 0.2) is 0 Å². The number of hydrogen-bond acceptors (Lipinski definition) is 3. The first-order chi connectivity index (χ1) is 9.40. The average Bonchev–Trinajstić information content (AvgIpc) is 2.36. The first-order valence-corrected chi connectivity index (χ1v) is 7.20. The van der Waals surface area contributed by atoms with E-state index in [4.69, 9.17) is 0 Å². The summed E-state index contributed by atoms with van der Waals surface area (Å²) >= 11 is 0. The molecule has 7 heteroatoms. The van der Waals surface area contributed by atoms with Crippen LogP contribution in [0.25, 0.3) is 0 Å². The van der Waals surface area contributed by atoms with E-state index in [0.29, 0.717) is 0 Å². The van der Waals surface area contributed by atoms with Crippen LogP contribution in [-0.2, 0) is 4.79 Å². The first-order valence-electron chi connectivity index (χ1n) is 7.20. The van der Waals surface area contributed by atoms with Crippen molar-refractivity contribution in [1.29, 1.82) is 0 Å². The number of amides is 1. The van der Waals surface area contributed by atoms with Crippen LogP contribution >= 0.6 is 0 Å². The Hall–Kier alpha value is -0.820. The van der Waals surface area contributed by atoms with Crippen molar-refractivity contribution in [1.82, 2.24) is 15.5 Å². The lowest BCUT2D eigenvalue weighted by Gasteiger charge is -2.32. The molecule has 0 aromatic rings. The molecule has 4 nitrogen and oxygen atoms in total. The quantitative estimate of drug-likeness (QED) is 0.748. The number of piperidine rings is 1. The smallest absolute Gasteiger partial charge is 0.352 e. The van der Waals surface area contributed by atoms with Crippen LogP contribution in [-0.4, -0.2) is 55.7 Å². The second-order valence-corrected chi connectivity index (χ2v) is 5.26. The largest absolute Gasteiger partial charge is 0.401 e. The molecule has 0 aliphatic carbocycles. The van der Waals surface area contributed by atoms with Gasteiger partial charge in [0.25, 0.3) is 0 Å². The fraction of sp³-hybridized carbons (Fsp3) is 0.923. The minimum atomic E-state index is -4.27. The molecule has 1 aliphatic rings. The number of carbonyl (C=O) groups excluding carboxylic acids is 1. The SMILES string of the molecule is CCCCN1CCC(NC(=O)CNCC(F)(F)F)CC1. The third-order valence-electron chi connectivity index (χ3n) is 3.39. The molecule has 0 atom stereocenters. The van der Waals surface area contributed by atoms with Crippen molar-refractivity contribution in [3.05, 3.63) is 0 Å². The predicted octanol–water partition coefficient (Wildman–Crippen LogP) is 1.52. The molecular weight excluding hydrogens is 271 g/mol. The molecule has 0 bridgehead atoms. The molecule has 1 saturated heterocycles. The summed E-state index contributed by atoms with van der Waals surface area (Å²) in [6, 6.07) is 0.0908. The molecule has 0 spiro atoms. The van der Waals surface area contributed by atoms with Gasteiger partial charge in [-0.2, -0.15) is 13.2 Å². The highest BCUT2D eigenvalue weighted by molar-refractivity contribution is 5.78. The Balaban J connectivity index is 2.12. The molecule has 0 aromatic heterocycles. The van der Waals surface area contributed by atoms with Gasteiger partial charge in [0, 0.05) is 19.1 Å². The molecule has 0 saturated carbocycles. The van der Waals surface area contributed by atoms with Gasteiger partial charge < -0.3 is 15.5 Å². The molecule has 2 N–H and O–H groups in total. The monoisotopic (exact) mass is 295 g/mol. The van der Waals surface area contributed by atoms with Crippen molar-refractivity contribution in [3.63, 3.8) is 0 Å². The van der Waals surface area contributed by atoms with Crippen LogP contribution in [0.15, 0.2) is 0 Å². The number of rotatable bonds is 7. The zero-order valence-electron chi connectivity index (χ0n) is 11.9. The summed E-state index contributed by atoms with van der Waals surface area (Å²) in [6.07, 6.45) is -0.186. The highest BCUT2D eigenvalue weighted by Crippen LogP contribution is 2.12. The van der Waals surface area contributed by atoms with Crippen molar-refractivity contribution in [3.8, 4) is 0 Å². The minimum absolute atomic E-state index is 0.0908. The summed E-state index contributed by atoms with van der Waals surface area (Å²) < 4.78 is 35.7. The molecular formula is C13H24F3N3O. The molecule has 1 fully saturated rings. The normalized spacial score (nSPS) is 18.2. The fourth-order valence-corrected chi connectivity index (χ4v) is 2.28. The van der Waals surface area contributed by atoms with E-state index >= 15 is 0 Å². The zero-order valence-corrected chi connectivity index (χ0v) is 11.9. The Kier molecular flexibility index (Phi) is 7.29. The van der Waals surface area contributed by atoms with Crippen molar-refractivity contribution < 1.29 is 18.0 Å². The highest BCUT2D eigenvalue weighted by atomic mass is 19.4. The molecule has 1 heterocycles. The van der Waals surface area contributed by atoms with Crippen LogP contribution < -0.4 is 10.6 Å². The van der Waals surface area contributed by atoms with Gasteiger partial charge in [-0.25, -0.2) is 0 Å². The van der Waals surface area contributed by atoms with Gasteiger partial charge in [-0.15, -0.1) is 0 Å². The number of likely N-dealkylation sites (tertiary alicyclic amines) is 1. The average molecular weight is 295 g/mol. The van der Waals surface area contributed by atoms with Crippen molar-refractivity contribution in [2.75, 3.05) is 32.7 Å².